The number of amides is 1. The topological polar surface area (TPSA) is 55.3 Å². The predicted octanol–water partition coefficient (Wildman–Crippen LogP) is 3.49. The van der Waals surface area contributed by atoms with Crippen molar-refractivity contribution >= 4 is 28.8 Å². The molecule has 0 unspecified atom stereocenters. The number of carbonyl (C=O) groups is 1. The highest BCUT2D eigenvalue weighted by molar-refractivity contribution is 7.17. The zero-order valence-electron chi connectivity index (χ0n) is 13.1. The fraction of sp³-hybridized carbons (Fsp3) is 0.438. The lowest BCUT2D eigenvalue weighted by Crippen LogP contribution is -2.41. The van der Waals surface area contributed by atoms with E-state index in [0.29, 0.717) is 34.0 Å². The van der Waals surface area contributed by atoms with Crippen LogP contribution in [0.5, 0.6) is 5.88 Å². The van der Waals surface area contributed by atoms with Crippen LogP contribution < -0.4 is 4.74 Å². The summed E-state index contributed by atoms with van der Waals surface area (Å²) in [7, 11) is 0. The van der Waals surface area contributed by atoms with Crippen molar-refractivity contribution in [1.29, 1.82) is 0 Å². The smallest absolute Gasteiger partial charge is 0.263 e. The number of likely N-dealkylation sites (tertiary alicyclic amines) is 1. The molecule has 1 aliphatic rings. The van der Waals surface area contributed by atoms with Crippen molar-refractivity contribution in [2.45, 2.75) is 32.8 Å². The molecule has 2 aromatic heterocycles. The number of carbonyl (C=O) groups excluding carboxylic acids is 1. The first-order valence-electron chi connectivity index (χ1n) is 7.55. The van der Waals surface area contributed by atoms with Crippen LogP contribution >= 0.6 is 22.9 Å². The van der Waals surface area contributed by atoms with Crippen molar-refractivity contribution in [3.8, 4) is 5.88 Å². The number of halogens is 1. The van der Waals surface area contributed by atoms with Crippen LogP contribution in [0.2, 0.25) is 4.34 Å². The summed E-state index contributed by atoms with van der Waals surface area (Å²) in [5.41, 5.74) is 0.898. The Hall–Kier alpha value is -1.66. The molecule has 5 nitrogen and oxygen atoms in total. The molecule has 0 spiro atoms. The third kappa shape index (κ3) is 4.00. The molecule has 1 amide bonds. The molecule has 3 rings (SSSR count). The van der Waals surface area contributed by atoms with Crippen LogP contribution in [0.4, 0.5) is 0 Å². The third-order valence-electron chi connectivity index (χ3n) is 3.74. The van der Waals surface area contributed by atoms with E-state index in [1.54, 1.807) is 12.1 Å². The van der Waals surface area contributed by atoms with E-state index in [1.807, 2.05) is 24.8 Å². The van der Waals surface area contributed by atoms with Crippen LogP contribution in [0.15, 0.2) is 18.2 Å². The maximum absolute atomic E-state index is 12.4. The van der Waals surface area contributed by atoms with Gasteiger partial charge >= 0.3 is 0 Å². The average molecular weight is 352 g/mol. The number of hydrogen-bond donors (Lipinski definition) is 0. The molecule has 1 aliphatic heterocycles. The lowest BCUT2D eigenvalue weighted by molar-refractivity contribution is 0.0592. The van der Waals surface area contributed by atoms with Gasteiger partial charge in [-0.2, -0.15) is 4.98 Å². The number of hydrogen-bond acceptors (Lipinski definition) is 5. The van der Waals surface area contributed by atoms with Gasteiger partial charge in [0.25, 0.3) is 5.91 Å². The van der Waals surface area contributed by atoms with Gasteiger partial charge in [-0.15, -0.1) is 11.3 Å². The van der Waals surface area contributed by atoms with Gasteiger partial charge in [0.15, 0.2) is 0 Å². The van der Waals surface area contributed by atoms with E-state index >= 15 is 0 Å². The highest BCUT2D eigenvalue weighted by atomic mass is 35.5. The van der Waals surface area contributed by atoms with Crippen LogP contribution in [0.1, 0.15) is 34.0 Å². The summed E-state index contributed by atoms with van der Waals surface area (Å²) >= 11 is 7.22. The van der Waals surface area contributed by atoms with Crippen LogP contribution in [-0.4, -0.2) is 40.0 Å². The number of nitrogens with zero attached hydrogens (tertiary/aromatic N) is 3. The monoisotopic (exact) mass is 351 g/mol. The van der Waals surface area contributed by atoms with Crippen LogP contribution in [0.25, 0.3) is 0 Å². The zero-order valence-corrected chi connectivity index (χ0v) is 14.7. The largest absolute Gasteiger partial charge is 0.474 e. The molecule has 0 aromatic carbocycles. The Kier molecular flexibility index (Phi) is 4.82. The predicted molar refractivity (Wildman–Crippen MR) is 90.4 cm³/mol. The molecule has 122 valence electrons. The molecule has 0 N–H and O–H groups in total. The minimum absolute atomic E-state index is 0.0501. The van der Waals surface area contributed by atoms with E-state index in [4.69, 9.17) is 16.3 Å². The second kappa shape index (κ2) is 6.84. The van der Waals surface area contributed by atoms with Gasteiger partial charge in [-0.3, -0.25) is 4.79 Å². The Balaban J connectivity index is 1.57. The van der Waals surface area contributed by atoms with E-state index in [1.165, 1.54) is 11.3 Å². The van der Waals surface area contributed by atoms with E-state index in [9.17, 15) is 4.79 Å². The summed E-state index contributed by atoms with van der Waals surface area (Å²) in [6, 6.07) is 5.39. The molecule has 0 atom stereocenters. The van der Waals surface area contributed by atoms with Gasteiger partial charge in [0, 0.05) is 37.7 Å². The van der Waals surface area contributed by atoms with Crippen LogP contribution in [-0.2, 0) is 0 Å². The fourth-order valence-corrected chi connectivity index (χ4v) is 3.69. The van der Waals surface area contributed by atoms with E-state index in [2.05, 4.69) is 9.97 Å². The summed E-state index contributed by atoms with van der Waals surface area (Å²) in [6.45, 7) is 5.15. The molecule has 0 aliphatic carbocycles. The molecular weight excluding hydrogens is 334 g/mol. The Morgan fingerprint density at radius 2 is 2.04 bits per heavy atom. The number of rotatable bonds is 3. The number of ether oxygens (including phenoxy) is 1. The van der Waals surface area contributed by atoms with Crippen molar-refractivity contribution in [3.63, 3.8) is 0 Å². The maximum atomic E-state index is 12.4. The molecule has 23 heavy (non-hydrogen) atoms. The Morgan fingerprint density at radius 1 is 1.30 bits per heavy atom. The maximum Gasteiger partial charge on any atom is 0.263 e. The first-order valence-corrected chi connectivity index (χ1v) is 8.74. The number of thiophene rings is 1. The standard InChI is InChI=1S/C16H18ClN3O2S/c1-10-9-15(19-11(2)18-10)22-12-5-7-20(8-6-12)16(21)13-3-4-14(17)23-13/h3-4,9,12H,5-8H2,1-2H3. The number of aryl methyl sites for hydroxylation is 2. The summed E-state index contributed by atoms with van der Waals surface area (Å²) in [5.74, 6) is 1.38. The van der Waals surface area contributed by atoms with Gasteiger partial charge < -0.3 is 9.64 Å². The first-order chi connectivity index (χ1) is 11.0. The van der Waals surface area contributed by atoms with Gasteiger partial charge in [-0.1, -0.05) is 11.6 Å². The summed E-state index contributed by atoms with van der Waals surface area (Å²) < 4.78 is 6.59. The van der Waals surface area contributed by atoms with E-state index in [0.717, 1.165) is 18.5 Å². The summed E-state index contributed by atoms with van der Waals surface area (Å²) in [4.78, 5) is 23.5. The third-order valence-corrected chi connectivity index (χ3v) is 4.96. The zero-order chi connectivity index (χ0) is 16.4. The minimum atomic E-state index is 0.0501. The normalized spacial score (nSPS) is 15.7. The number of aromatic nitrogens is 2. The van der Waals surface area contributed by atoms with Crippen LogP contribution in [0.3, 0.4) is 0 Å². The van der Waals surface area contributed by atoms with Gasteiger partial charge in [-0.05, 0) is 26.0 Å². The molecule has 0 radical (unpaired) electrons. The molecule has 0 saturated carbocycles. The van der Waals surface area contributed by atoms with Gasteiger partial charge in [0.2, 0.25) is 5.88 Å². The molecule has 7 heteroatoms. The molecule has 0 bridgehead atoms. The SMILES string of the molecule is Cc1cc(OC2CCN(C(=O)c3ccc(Cl)s3)CC2)nc(C)n1. The lowest BCUT2D eigenvalue weighted by Gasteiger charge is -2.31. The highest BCUT2D eigenvalue weighted by Crippen LogP contribution is 2.25. The minimum Gasteiger partial charge on any atom is -0.474 e. The quantitative estimate of drug-likeness (QED) is 0.849. The van der Waals surface area contributed by atoms with Crippen LogP contribution in [0, 0.1) is 13.8 Å². The van der Waals surface area contributed by atoms with Crippen molar-refractivity contribution in [3.05, 3.63) is 38.9 Å². The fourth-order valence-electron chi connectivity index (χ4n) is 2.68. The Morgan fingerprint density at radius 3 is 2.65 bits per heavy atom. The van der Waals surface area contributed by atoms with E-state index < -0.39 is 0 Å². The Labute approximate surface area is 144 Å². The summed E-state index contributed by atoms with van der Waals surface area (Å²) in [6.07, 6.45) is 1.68. The highest BCUT2D eigenvalue weighted by Gasteiger charge is 2.25. The van der Waals surface area contributed by atoms with Crippen molar-refractivity contribution in [2.75, 3.05) is 13.1 Å². The van der Waals surface area contributed by atoms with E-state index in [-0.39, 0.29) is 12.0 Å². The average Bonchev–Trinajstić information content (AvgIpc) is 2.93. The molecule has 1 saturated heterocycles. The molecule has 1 fully saturated rings. The molecule has 2 aromatic rings. The van der Waals surface area contributed by atoms with Crippen molar-refractivity contribution in [2.24, 2.45) is 0 Å². The Bertz CT molecular complexity index is 691. The van der Waals surface area contributed by atoms with Gasteiger partial charge in [0.1, 0.15) is 11.9 Å². The van der Waals surface area contributed by atoms with Crippen molar-refractivity contribution < 1.29 is 9.53 Å². The number of piperidine rings is 1. The molecule has 3 heterocycles. The second-order valence-electron chi connectivity index (χ2n) is 5.61. The lowest BCUT2D eigenvalue weighted by atomic mass is 10.1. The first kappa shape index (κ1) is 16.2. The van der Waals surface area contributed by atoms with Gasteiger partial charge in [0.05, 0.1) is 9.21 Å². The summed E-state index contributed by atoms with van der Waals surface area (Å²) in [5, 5.41) is 0. The second-order valence-corrected chi connectivity index (χ2v) is 7.32. The van der Waals surface area contributed by atoms with Crippen molar-refractivity contribution in [1.82, 2.24) is 14.9 Å². The van der Waals surface area contributed by atoms with Gasteiger partial charge in [-0.25, -0.2) is 4.98 Å². The molecular formula is C16H18ClN3O2S.